The van der Waals surface area contributed by atoms with Crippen LogP contribution in [0.1, 0.15) is 0 Å². The summed E-state index contributed by atoms with van der Waals surface area (Å²) in [5.74, 6) is 0.521. The molecule has 2 N–H and O–H groups in total. The van der Waals surface area contributed by atoms with Gasteiger partial charge in [-0.3, -0.25) is 4.72 Å². The van der Waals surface area contributed by atoms with Crippen LogP contribution in [0, 0.1) is 0 Å². The second-order valence-corrected chi connectivity index (χ2v) is 8.61. The molecule has 0 aliphatic heterocycles. The normalized spacial score (nSPS) is 11.1. The Hall–Kier alpha value is -2.83. The van der Waals surface area contributed by atoms with E-state index in [-0.39, 0.29) is 16.5 Å². The molecule has 0 spiro atoms. The van der Waals surface area contributed by atoms with Crippen LogP contribution >= 0.6 is 27.5 Å². The predicted molar refractivity (Wildman–Crippen MR) is 114 cm³/mol. The molecule has 0 saturated heterocycles. The fraction of sp³-hybridized carbons (Fsp3) is 0.118. The van der Waals surface area contributed by atoms with E-state index in [1.165, 1.54) is 49.6 Å². The molecule has 0 atom stereocenters. The lowest BCUT2D eigenvalue weighted by Gasteiger charge is -2.24. The van der Waals surface area contributed by atoms with Gasteiger partial charge in [0.15, 0.2) is 5.82 Å². The van der Waals surface area contributed by atoms with Crippen LogP contribution in [0.4, 0.5) is 22.1 Å². The second-order valence-electron chi connectivity index (χ2n) is 5.67. The number of aromatic nitrogens is 2. The van der Waals surface area contributed by atoms with Gasteiger partial charge in [0.05, 0.1) is 17.8 Å². The van der Waals surface area contributed by atoms with Gasteiger partial charge in [0.25, 0.3) is 10.0 Å². The lowest BCUT2D eigenvalue weighted by atomic mass is 10.2. The summed E-state index contributed by atoms with van der Waals surface area (Å²) < 4.78 is 37.7. The number of halogens is 2. The Morgan fingerprint density at radius 1 is 1.30 bits per heavy atom. The molecule has 0 saturated carbocycles. The number of carbonyl (C=O) groups excluding carboxylic acids is 1. The van der Waals surface area contributed by atoms with Gasteiger partial charge >= 0.3 is 6.03 Å². The number of pyridine rings is 1. The fourth-order valence-corrected chi connectivity index (χ4v) is 3.85. The Bertz CT molecular complexity index is 1160. The number of anilines is 3. The molecule has 3 aromatic rings. The number of sulfonamides is 1. The van der Waals surface area contributed by atoms with Crippen molar-refractivity contribution in [3.63, 3.8) is 0 Å². The largest absolute Gasteiger partial charge is 0.495 e. The van der Waals surface area contributed by atoms with Crippen molar-refractivity contribution < 1.29 is 22.5 Å². The lowest BCUT2D eigenvalue weighted by Crippen LogP contribution is -2.35. The summed E-state index contributed by atoms with van der Waals surface area (Å²) >= 11 is 9.50. The molecule has 2 amide bonds. The molecule has 3 rings (SSSR count). The number of nitrogens with one attached hydrogen (secondary N) is 2. The van der Waals surface area contributed by atoms with Crippen molar-refractivity contribution in [3.8, 4) is 5.75 Å². The molecule has 1 aromatic carbocycles. The predicted octanol–water partition coefficient (Wildman–Crippen LogP) is 3.77. The van der Waals surface area contributed by atoms with Gasteiger partial charge in [0, 0.05) is 23.8 Å². The highest BCUT2D eigenvalue weighted by atomic mass is 79.9. The topological polar surface area (TPSA) is 127 Å². The number of ether oxygens (including phenoxy) is 1. The Balaban J connectivity index is 2.01. The van der Waals surface area contributed by atoms with Gasteiger partial charge in [-0.2, -0.15) is 0 Å². The van der Waals surface area contributed by atoms with Crippen molar-refractivity contribution in [1.29, 1.82) is 0 Å². The first kappa shape index (κ1) is 21.9. The summed E-state index contributed by atoms with van der Waals surface area (Å²) in [5.41, 5.74) is 0.314. The minimum atomic E-state index is -3.95. The van der Waals surface area contributed by atoms with Crippen LogP contribution in [0.2, 0.25) is 5.02 Å². The molecule has 30 heavy (non-hydrogen) atoms. The van der Waals surface area contributed by atoms with Crippen LogP contribution in [0.15, 0.2) is 56.7 Å². The van der Waals surface area contributed by atoms with E-state index >= 15 is 0 Å². The van der Waals surface area contributed by atoms with Crippen molar-refractivity contribution in [2.24, 2.45) is 0 Å². The fourth-order valence-electron chi connectivity index (χ4n) is 2.43. The summed E-state index contributed by atoms with van der Waals surface area (Å²) in [4.78, 5) is 17.8. The Morgan fingerprint density at radius 3 is 2.63 bits per heavy atom. The number of benzene rings is 1. The van der Waals surface area contributed by atoms with Gasteiger partial charge in [-0.15, -0.1) is 0 Å². The minimum Gasteiger partial charge on any atom is -0.495 e. The zero-order chi connectivity index (χ0) is 21.9. The van der Waals surface area contributed by atoms with Crippen LogP contribution in [0.25, 0.3) is 0 Å². The maximum atomic E-state index is 12.6. The quantitative estimate of drug-likeness (QED) is 0.510. The summed E-state index contributed by atoms with van der Waals surface area (Å²) in [5, 5.41) is 6.36. The molecular formula is C17H15BrClN5O5S. The molecule has 0 radical (unpaired) electrons. The Morgan fingerprint density at radius 2 is 2.07 bits per heavy atom. The van der Waals surface area contributed by atoms with Crippen molar-refractivity contribution in [3.05, 3.63) is 52.3 Å². The lowest BCUT2D eigenvalue weighted by molar-refractivity contribution is 0.250. The van der Waals surface area contributed by atoms with Gasteiger partial charge in [-0.05, 0) is 40.2 Å². The van der Waals surface area contributed by atoms with Crippen LogP contribution in [0.5, 0.6) is 5.75 Å². The molecule has 10 nitrogen and oxygen atoms in total. The summed E-state index contributed by atoms with van der Waals surface area (Å²) in [6.07, 6.45) is 2.35. The van der Waals surface area contributed by atoms with Crippen LogP contribution in [-0.2, 0) is 10.0 Å². The van der Waals surface area contributed by atoms with Gasteiger partial charge in [-0.25, -0.2) is 23.1 Å². The smallest absolute Gasteiger partial charge is 0.327 e. The molecule has 0 unspecified atom stereocenters. The van der Waals surface area contributed by atoms with E-state index in [2.05, 4.69) is 40.6 Å². The standard InChI is InChI=1S/C17H15BrClN5O5S/c1-20-17(25)24(13-8-12(19)11(18)7-14(13)28-2)16-4-3-10(9-21-16)30(26,27)23-15-5-6-29-22-15/h3-9H,1-2H3,(H,20,25)(H,22,23). The highest BCUT2D eigenvalue weighted by Crippen LogP contribution is 2.39. The summed E-state index contributed by atoms with van der Waals surface area (Å²) in [7, 11) is -1.06. The number of methoxy groups -OCH3 is 1. The molecular weight excluding hydrogens is 502 g/mol. The van der Waals surface area contributed by atoms with E-state index in [1.807, 2.05) is 0 Å². The number of carbonyl (C=O) groups is 1. The van der Waals surface area contributed by atoms with Crippen LogP contribution < -0.4 is 19.7 Å². The SMILES string of the molecule is CNC(=O)N(c1ccc(S(=O)(=O)Nc2ccon2)cn1)c1cc(Cl)c(Br)cc1OC. The highest BCUT2D eigenvalue weighted by molar-refractivity contribution is 9.10. The molecule has 158 valence electrons. The average molecular weight is 517 g/mol. The number of amides is 2. The van der Waals surface area contributed by atoms with Crippen molar-refractivity contribution in [1.82, 2.24) is 15.5 Å². The van der Waals surface area contributed by atoms with Gasteiger partial charge < -0.3 is 14.6 Å². The van der Waals surface area contributed by atoms with Gasteiger partial charge in [0.1, 0.15) is 22.7 Å². The van der Waals surface area contributed by atoms with Gasteiger partial charge in [-0.1, -0.05) is 16.8 Å². The molecule has 0 aliphatic carbocycles. The summed E-state index contributed by atoms with van der Waals surface area (Å²) in [6.45, 7) is 0. The molecule has 0 aliphatic rings. The van der Waals surface area contributed by atoms with E-state index in [4.69, 9.17) is 16.3 Å². The third-order valence-corrected chi connectivity index (χ3v) is 6.35. The first-order valence-corrected chi connectivity index (χ1v) is 10.9. The maximum Gasteiger partial charge on any atom is 0.327 e. The highest BCUT2D eigenvalue weighted by Gasteiger charge is 2.24. The molecule has 2 aromatic heterocycles. The van der Waals surface area contributed by atoms with E-state index in [0.717, 1.165) is 6.20 Å². The van der Waals surface area contributed by atoms with Crippen LogP contribution in [-0.4, -0.2) is 38.7 Å². The second kappa shape index (κ2) is 8.90. The van der Waals surface area contributed by atoms with E-state index in [9.17, 15) is 13.2 Å². The van der Waals surface area contributed by atoms with E-state index in [0.29, 0.717) is 20.9 Å². The number of hydrogen-bond acceptors (Lipinski definition) is 7. The average Bonchev–Trinajstić information content (AvgIpc) is 3.23. The molecule has 0 fully saturated rings. The minimum absolute atomic E-state index is 0.0281. The zero-order valence-corrected chi connectivity index (χ0v) is 18.7. The Kier molecular flexibility index (Phi) is 6.48. The Labute approximate surface area is 185 Å². The number of nitrogens with zero attached hydrogens (tertiary/aromatic N) is 3. The number of hydrogen-bond donors (Lipinski definition) is 2. The van der Waals surface area contributed by atoms with Crippen molar-refractivity contribution in [2.45, 2.75) is 4.90 Å². The van der Waals surface area contributed by atoms with E-state index in [1.54, 1.807) is 6.07 Å². The molecule has 0 bridgehead atoms. The van der Waals surface area contributed by atoms with Gasteiger partial charge in [0.2, 0.25) is 0 Å². The molecule has 2 heterocycles. The van der Waals surface area contributed by atoms with Crippen LogP contribution in [0.3, 0.4) is 0 Å². The number of rotatable bonds is 6. The number of urea groups is 1. The first-order valence-electron chi connectivity index (χ1n) is 8.21. The zero-order valence-electron chi connectivity index (χ0n) is 15.6. The van der Waals surface area contributed by atoms with Crippen molar-refractivity contribution in [2.75, 3.05) is 23.8 Å². The third kappa shape index (κ3) is 4.50. The van der Waals surface area contributed by atoms with Crippen molar-refractivity contribution >= 4 is 60.9 Å². The summed E-state index contributed by atoms with van der Waals surface area (Å²) in [6, 6.07) is 6.63. The monoisotopic (exact) mass is 515 g/mol. The molecule has 13 heteroatoms. The first-order chi connectivity index (χ1) is 14.3. The van der Waals surface area contributed by atoms with E-state index < -0.39 is 16.1 Å². The third-order valence-electron chi connectivity index (χ3n) is 3.82. The maximum absolute atomic E-state index is 12.6.